The van der Waals surface area contributed by atoms with Crippen molar-refractivity contribution in [3.63, 3.8) is 0 Å². The van der Waals surface area contributed by atoms with Crippen molar-refractivity contribution < 1.29 is 0 Å². The molecule has 1 unspecified atom stereocenters. The van der Waals surface area contributed by atoms with Crippen LogP contribution in [0.25, 0.3) is 0 Å². The van der Waals surface area contributed by atoms with Crippen molar-refractivity contribution in [1.29, 1.82) is 0 Å². The summed E-state index contributed by atoms with van der Waals surface area (Å²) in [5, 5.41) is 6.98. The summed E-state index contributed by atoms with van der Waals surface area (Å²) in [4.78, 5) is 0. The summed E-state index contributed by atoms with van der Waals surface area (Å²) in [5.74, 6) is 0. The molecule has 0 spiro atoms. The van der Waals surface area contributed by atoms with Gasteiger partial charge >= 0.3 is 0 Å². The third-order valence-electron chi connectivity index (χ3n) is 3.03. The lowest BCUT2D eigenvalue weighted by Gasteiger charge is -2.24. The minimum atomic E-state index is 0.603. The van der Waals surface area contributed by atoms with Gasteiger partial charge in [-0.15, -0.1) is 0 Å². The molecule has 0 saturated carbocycles. The lowest BCUT2D eigenvalue weighted by molar-refractivity contribution is 0.480. The standard InChI is InChI=1S/C13H20N2/c1-2-11-5-7-12(8-6-11)15-13-4-3-9-14-10-13/h5-8,13-15H,2-4,9-10H2,1H3. The number of benzene rings is 1. The zero-order valence-electron chi connectivity index (χ0n) is 9.42. The highest BCUT2D eigenvalue weighted by Crippen LogP contribution is 2.13. The number of hydrogen-bond donors (Lipinski definition) is 2. The number of aryl methyl sites for hydroxylation is 1. The molecular formula is C13H20N2. The molecule has 1 atom stereocenters. The predicted octanol–water partition coefficient (Wildman–Crippen LogP) is 2.41. The van der Waals surface area contributed by atoms with E-state index in [-0.39, 0.29) is 0 Å². The number of nitrogens with one attached hydrogen (secondary N) is 2. The van der Waals surface area contributed by atoms with Crippen molar-refractivity contribution in [2.24, 2.45) is 0 Å². The first-order chi connectivity index (χ1) is 7.38. The molecule has 1 aliphatic rings. The van der Waals surface area contributed by atoms with Crippen molar-refractivity contribution in [3.05, 3.63) is 29.8 Å². The average molecular weight is 204 g/mol. The van der Waals surface area contributed by atoms with Crippen molar-refractivity contribution in [2.75, 3.05) is 18.4 Å². The fourth-order valence-electron chi connectivity index (χ4n) is 2.05. The maximum absolute atomic E-state index is 3.57. The van der Waals surface area contributed by atoms with Crippen LogP contribution in [-0.4, -0.2) is 19.1 Å². The Bertz CT molecular complexity index is 286. The van der Waals surface area contributed by atoms with E-state index in [9.17, 15) is 0 Å². The van der Waals surface area contributed by atoms with Gasteiger partial charge < -0.3 is 10.6 Å². The Labute approximate surface area is 92.1 Å². The maximum atomic E-state index is 3.57. The van der Waals surface area contributed by atoms with Crippen molar-refractivity contribution in [3.8, 4) is 0 Å². The minimum Gasteiger partial charge on any atom is -0.381 e. The molecule has 1 aromatic carbocycles. The Morgan fingerprint density at radius 2 is 2.13 bits per heavy atom. The van der Waals surface area contributed by atoms with Gasteiger partial charge in [0.25, 0.3) is 0 Å². The average Bonchev–Trinajstić information content (AvgIpc) is 2.31. The highest BCUT2D eigenvalue weighted by Gasteiger charge is 2.11. The molecule has 2 rings (SSSR count). The second kappa shape index (κ2) is 5.17. The molecule has 0 bridgehead atoms. The summed E-state index contributed by atoms with van der Waals surface area (Å²) >= 11 is 0. The molecule has 0 aromatic heterocycles. The Morgan fingerprint density at radius 1 is 1.33 bits per heavy atom. The van der Waals surface area contributed by atoms with Gasteiger partial charge in [-0.05, 0) is 43.5 Å². The van der Waals surface area contributed by atoms with Crippen molar-refractivity contribution in [2.45, 2.75) is 32.2 Å². The Hall–Kier alpha value is -1.02. The Morgan fingerprint density at radius 3 is 2.73 bits per heavy atom. The van der Waals surface area contributed by atoms with Crippen LogP contribution in [0.2, 0.25) is 0 Å². The zero-order valence-corrected chi connectivity index (χ0v) is 9.42. The second-order valence-electron chi connectivity index (χ2n) is 4.24. The summed E-state index contributed by atoms with van der Waals surface area (Å²) < 4.78 is 0. The fourth-order valence-corrected chi connectivity index (χ4v) is 2.05. The molecule has 2 nitrogen and oxygen atoms in total. The van der Waals surface area contributed by atoms with Gasteiger partial charge in [-0.2, -0.15) is 0 Å². The lowest BCUT2D eigenvalue weighted by Crippen LogP contribution is -2.38. The van der Waals surface area contributed by atoms with Crippen LogP contribution in [0.3, 0.4) is 0 Å². The van der Waals surface area contributed by atoms with Gasteiger partial charge in [0, 0.05) is 18.3 Å². The molecule has 15 heavy (non-hydrogen) atoms. The lowest BCUT2D eigenvalue weighted by atomic mass is 10.1. The van der Waals surface area contributed by atoms with E-state index in [1.807, 2.05) is 0 Å². The van der Waals surface area contributed by atoms with E-state index < -0.39 is 0 Å². The third kappa shape index (κ3) is 2.96. The first kappa shape index (κ1) is 10.5. The van der Waals surface area contributed by atoms with Gasteiger partial charge in [0.2, 0.25) is 0 Å². The van der Waals surface area contributed by atoms with E-state index in [1.165, 1.54) is 30.6 Å². The highest BCUT2D eigenvalue weighted by atomic mass is 15.0. The Kier molecular flexibility index (Phi) is 3.62. The van der Waals surface area contributed by atoms with E-state index in [2.05, 4.69) is 41.8 Å². The van der Waals surface area contributed by atoms with E-state index in [4.69, 9.17) is 0 Å². The van der Waals surface area contributed by atoms with E-state index >= 15 is 0 Å². The quantitative estimate of drug-likeness (QED) is 0.790. The molecule has 2 N–H and O–H groups in total. The fraction of sp³-hybridized carbons (Fsp3) is 0.538. The number of rotatable bonds is 3. The molecule has 0 amide bonds. The van der Waals surface area contributed by atoms with Crippen LogP contribution in [0.4, 0.5) is 5.69 Å². The van der Waals surface area contributed by atoms with E-state index in [0.29, 0.717) is 6.04 Å². The summed E-state index contributed by atoms with van der Waals surface area (Å²) in [7, 11) is 0. The molecule has 0 aliphatic carbocycles. The van der Waals surface area contributed by atoms with Crippen molar-refractivity contribution in [1.82, 2.24) is 5.32 Å². The topological polar surface area (TPSA) is 24.1 Å². The summed E-state index contributed by atoms with van der Waals surface area (Å²) in [6.45, 7) is 4.45. The van der Waals surface area contributed by atoms with Crippen LogP contribution in [0, 0.1) is 0 Å². The molecule has 82 valence electrons. The van der Waals surface area contributed by atoms with Crippen LogP contribution in [0.15, 0.2) is 24.3 Å². The molecule has 1 aromatic rings. The van der Waals surface area contributed by atoms with Crippen molar-refractivity contribution >= 4 is 5.69 Å². The van der Waals surface area contributed by atoms with Crippen LogP contribution >= 0.6 is 0 Å². The van der Waals surface area contributed by atoms with Gasteiger partial charge in [-0.3, -0.25) is 0 Å². The number of hydrogen-bond acceptors (Lipinski definition) is 2. The van der Waals surface area contributed by atoms with Gasteiger partial charge in [-0.25, -0.2) is 0 Å². The van der Waals surface area contributed by atoms with E-state index in [0.717, 1.165) is 13.0 Å². The maximum Gasteiger partial charge on any atom is 0.0386 e. The van der Waals surface area contributed by atoms with Gasteiger partial charge in [0.1, 0.15) is 0 Å². The number of piperidine rings is 1. The first-order valence-electron chi connectivity index (χ1n) is 5.94. The highest BCUT2D eigenvalue weighted by molar-refractivity contribution is 5.45. The van der Waals surface area contributed by atoms with Gasteiger partial charge in [0.15, 0.2) is 0 Å². The largest absolute Gasteiger partial charge is 0.381 e. The molecular weight excluding hydrogens is 184 g/mol. The minimum absolute atomic E-state index is 0.603. The summed E-state index contributed by atoms with van der Waals surface area (Å²) in [6.07, 6.45) is 3.68. The molecule has 0 radical (unpaired) electrons. The smallest absolute Gasteiger partial charge is 0.0386 e. The van der Waals surface area contributed by atoms with Gasteiger partial charge in [-0.1, -0.05) is 19.1 Å². The number of anilines is 1. The monoisotopic (exact) mass is 204 g/mol. The SMILES string of the molecule is CCc1ccc(NC2CCCNC2)cc1. The Balaban J connectivity index is 1.91. The normalized spacial score (nSPS) is 21.3. The van der Waals surface area contributed by atoms with E-state index in [1.54, 1.807) is 0 Å². The summed E-state index contributed by atoms with van der Waals surface area (Å²) in [6, 6.07) is 9.39. The molecule has 2 heteroatoms. The molecule has 1 saturated heterocycles. The van der Waals surface area contributed by atoms with Crippen LogP contribution < -0.4 is 10.6 Å². The molecule has 1 heterocycles. The van der Waals surface area contributed by atoms with Crippen LogP contribution in [0.1, 0.15) is 25.3 Å². The van der Waals surface area contributed by atoms with Crippen LogP contribution in [0.5, 0.6) is 0 Å². The second-order valence-corrected chi connectivity index (χ2v) is 4.24. The predicted molar refractivity (Wildman–Crippen MR) is 65.3 cm³/mol. The summed E-state index contributed by atoms with van der Waals surface area (Å²) in [5.41, 5.74) is 2.66. The van der Waals surface area contributed by atoms with Gasteiger partial charge in [0.05, 0.1) is 0 Å². The zero-order chi connectivity index (χ0) is 10.5. The third-order valence-corrected chi connectivity index (χ3v) is 3.03. The molecule has 1 aliphatic heterocycles. The first-order valence-corrected chi connectivity index (χ1v) is 5.94. The molecule has 1 fully saturated rings. The van der Waals surface area contributed by atoms with Crippen LogP contribution in [-0.2, 0) is 6.42 Å².